The van der Waals surface area contributed by atoms with Gasteiger partial charge in [0.1, 0.15) is 18.0 Å². The van der Waals surface area contributed by atoms with Crippen molar-refractivity contribution >= 4 is 23.7 Å². The molecule has 1 rings (SSSR count). The van der Waals surface area contributed by atoms with E-state index in [1.165, 1.54) is 0 Å². The summed E-state index contributed by atoms with van der Waals surface area (Å²) in [5, 5.41) is 5.22. The van der Waals surface area contributed by atoms with E-state index in [0.717, 1.165) is 0 Å². The van der Waals surface area contributed by atoms with Crippen molar-refractivity contribution in [2.24, 2.45) is 5.73 Å². The monoisotopic (exact) mass is 409 g/mol. The Morgan fingerprint density at radius 3 is 2.28 bits per heavy atom. The molecule has 4 N–H and O–H groups in total. The van der Waals surface area contributed by atoms with Crippen LogP contribution in [0.4, 0.5) is 10.5 Å². The van der Waals surface area contributed by atoms with E-state index in [-0.39, 0.29) is 25.7 Å². The van der Waals surface area contributed by atoms with E-state index in [1.54, 1.807) is 58.9 Å². The fraction of sp³-hybridized carbons (Fsp3) is 0.550. The zero-order valence-corrected chi connectivity index (χ0v) is 17.6. The van der Waals surface area contributed by atoms with Crippen LogP contribution in [-0.2, 0) is 19.1 Å². The normalized spacial score (nSPS) is 12.1. The van der Waals surface area contributed by atoms with Gasteiger partial charge in [-0.15, -0.1) is 0 Å². The van der Waals surface area contributed by atoms with Gasteiger partial charge in [0.15, 0.2) is 0 Å². The van der Waals surface area contributed by atoms with E-state index in [1.807, 2.05) is 0 Å². The summed E-state index contributed by atoms with van der Waals surface area (Å²) in [6.45, 7) is 9.35. The second kappa shape index (κ2) is 11.3. The van der Waals surface area contributed by atoms with Gasteiger partial charge in [0.2, 0.25) is 5.91 Å². The molecule has 0 bridgehead atoms. The van der Waals surface area contributed by atoms with E-state index in [9.17, 15) is 14.4 Å². The van der Waals surface area contributed by atoms with Gasteiger partial charge in [-0.05, 0) is 58.9 Å². The van der Waals surface area contributed by atoms with Crippen molar-refractivity contribution in [3.63, 3.8) is 0 Å². The molecule has 0 fully saturated rings. The van der Waals surface area contributed by atoms with E-state index < -0.39 is 29.6 Å². The van der Waals surface area contributed by atoms with E-state index in [4.69, 9.17) is 19.9 Å². The zero-order chi connectivity index (χ0) is 22.0. The van der Waals surface area contributed by atoms with Crippen molar-refractivity contribution in [1.82, 2.24) is 5.32 Å². The smallest absolute Gasteiger partial charge is 0.407 e. The number of anilines is 1. The number of rotatable bonds is 9. The van der Waals surface area contributed by atoms with Crippen molar-refractivity contribution in [2.75, 3.05) is 18.5 Å². The van der Waals surface area contributed by atoms with Crippen molar-refractivity contribution in [3.8, 4) is 5.75 Å². The predicted octanol–water partition coefficient (Wildman–Crippen LogP) is 2.20. The number of amides is 2. The molecule has 0 spiro atoms. The van der Waals surface area contributed by atoms with Crippen molar-refractivity contribution in [3.05, 3.63) is 24.3 Å². The first-order valence-electron chi connectivity index (χ1n) is 9.42. The van der Waals surface area contributed by atoms with E-state index >= 15 is 0 Å². The zero-order valence-electron chi connectivity index (χ0n) is 17.6. The number of ether oxygens (including phenoxy) is 3. The molecule has 29 heavy (non-hydrogen) atoms. The van der Waals surface area contributed by atoms with Gasteiger partial charge >= 0.3 is 12.1 Å². The molecule has 0 saturated heterocycles. The van der Waals surface area contributed by atoms with Crippen molar-refractivity contribution < 1.29 is 28.6 Å². The molecule has 162 valence electrons. The molecule has 9 nitrogen and oxygen atoms in total. The Morgan fingerprint density at radius 1 is 1.10 bits per heavy atom. The number of esters is 1. The third kappa shape index (κ3) is 10.9. The van der Waals surface area contributed by atoms with E-state index in [2.05, 4.69) is 10.6 Å². The van der Waals surface area contributed by atoms with Crippen LogP contribution >= 0.6 is 0 Å². The molecule has 2 amide bonds. The Morgan fingerprint density at radius 2 is 1.72 bits per heavy atom. The quantitative estimate of drug-likeness (QED) is 0.421. The first-order chi connectivity index (χ1) is 13.5. The summed E-state index contributed by atoms with van der Waals surface area (Å²) in [7, 11) is 0. The third-order valence-electron chi connectivity index (χ3n) is 3.25. The lowest BCUT2D eigenvalue weighted by Crippen LogP contribution is -2.38. The minimum Gasteiger partial charge on any atom is -0.492 e. The highest BCUT2D eigenvalue weighted by molar-refractivity contribution is 5.96. The molecule has 0 saturated carbocycles. The first kappa shape index (κ1) is 24.2. The van der Waals surface area contributed by atoms with Crippen LogP contribution in [0.2, 0.25) is 0 Å². The van der Waals surface area contributed by atoms with E-state index in [0.29, 0.717) is 11.4 Å². The summed E-state index contributed by atoms with van der Waals surface area (Å²) in [4.78, 5) is 35.2. The molecule has 1 unspecified atom stereocenters. The summed E-state index contributed by atoms with van der Waals surface area (Å²) in [5.41, 5.74) is 5.70. The maximum atomic E-state index is 12.1. The predicted molar refractivity (Wildman–Crippen MR) is 109 cm³/mol. The Balaban J connectivity index is 2.37. The molecular formula is C20H31N3O6. The molecule has 1 aromatic carbocycles. The van der Waals surface area contributed by atoms with Crippen LogP contribution in [0.25, 0.3) is 0 Å². The van der Waals surface area contributed by atoms with Crippen LogP contribution in [0.5, 0.6) is 5.75 Å². The van der Waals surface area contributed by atoms with Crippen LogP contribution in [0.15, 0.2) is 24.3 Å². The highest BCUT2D eigenvalue weighted by Crippen LogP contribution is 2.16. The van der Waals surface area contributed by atoms with Crippen LogP contribution < -0.4 is 21.1 Å². The number of alkyl carbamates (subject to hydrolysis) is 1. The standard InChI is InChI=1S/C20H31N3O6/c1-13(2)28-17(24)12-16(21)18(25)23-14-6-8-15(9-7-14)27-11-10-22-19(26)29-20(3,4)5/h6-9,13,16H,10-12,21H2,1-5H3,(H,22,26)(H,23,25). The van der Waals surface area contributed by atoms with Crippen molar-refractivity contribution in [2.45, 2.75) is 58.8 Å². The fourth-order valence-electron chi connectivity index (χ4n) is 2.09. The Labute approximate surface area is 171 Å². The number of benzene rings is 1. The maximum Gasteiger partial charge on any atom is 0.407 e. The fourth-order valence-corrected chi connectivity index (χ4v) is 2.09. The summed E-state index contributed by atoms with van der Waals surface area (Å²) in [5.74, 6) is -0.439. The van der Waals surface area contributed by atoms with Gasteiger partial charge in [0.25, 0.3) is 0 Å². The molecule has 0 heterocycles. The number of nitrogens with one attached hydrogen (secondary N) is 2. The lowest BCUT2D eigenvalue weighted by atomic mass is 10.2. The summed E-state index contributed by atoms with van der Waals surface area (Å²) < 4.78 is 15.6. The minimum atomic E-state index is -1.00. The highest BCUT2D eigenvalue weighted by Gasteiger charge is 2.19. The lowest BCUT2D eigenvalue weighted by Gasteiger charge is -2.19. The first-order valence-corrected chi connectivity index (χ1v) is 9.42. The molecule has 0 aliphatic carbocycles. The van der Waals surface area contributed by atoms with Crippen LogP contribution in [-0.4, -0.2) is 48.9 Å². The SMILES string of the molecule is CC(C)OC(=O)CC(N)C(=O)Nc1ccc(OCCNC(=O)OC(C)(C)C)cc1. The summed E-state index contributed by atoms with van der Waals surface area (Å²) in [6, 6.07) is 5.63. The third-order valence-corrected chi connectivity index (χ3v) is 3.25. The van der Waals surface area contributed by atoms with Gasteiger partial charge in [-0.25, -0.2) is 4.79 Å². The van der Waals surface area contributed by atoms with Crippen LogP contribution in [0, 0.1) is 0 Å². The molecule has 0 aliphatic heterocycles. The number of carbonyl (C=O) groups is 3. The number of hydrogen-bond donors (Lipinski definition) is 3. The number of carbonyl (C=O) groups excluding carboxylic acids is 3. The molecule has 1 aromatic rings. The molecule has 9 heteroatoms. The Bertz CT molecular complexity index is 682. The lowest BCUT2D eigenvalue weighted by molar-refractivity contribution is -0.148. The average molecular weight is 409 g/mol. The Hall–Kier alpha value is -2.81. The molecule has 0 aliphatic rings. The number of nitrogens with two attached hydrogens (primary N) is 1. The van der Waals surface area contributed by atoms with Gasteiger partial charge in [-0.1, -0.05) is 0 Å². The van der Waals surface area contributed by atoms with Crippen LogP contribution in [0.3, 0.4) is 0 Å². The molecule has 1 atom stereocenters. The minimum absolute atomic E-state index is 0.199. The van der Waals surface area contributed by atoms with Crippen LogP contribution in [0.1, 0.15) is 41.0 Å². The van der Waals surface area contributed by atoms with Crippen molar-refractivity contribution in [1.29, 1.82) is 0 Å². The topological polar surface area (TPSA) is 129 Å². The summed E-state index contributed by atoms with van der Waals surface area (Å²) >= 11 is 0. The molecule has 0 aromatic heterocycles. The maximum absolute atomic E-state index is 12.1. The van der Waals surface area contributed by atoms with Gasteiger partial charge < -0.3 is 30.6 Å². The Kier molecular flexibility index (Phi) is 9.40. The summed E-state index contributed by atoms with van der Waals surface area (Å²) in [6.07, 6.45) is -0.965. The highest BCUT2D eigenvalue weighted by atomic mass is 16.6. The van der Waals surface area contributed by atoms with Gasteiger partial charge in [-0.3, -0.25) is 9.59 Å². The second-order valence-corrected chi connectivity index (χ2v) is 7.64. The van der Waals surface area contributed by atoms with Gasteiger partial charge in [0.05, 0.1) is 25.1 Å². The molecular weight excluding hydrogens is 378 g/mol. The molecule has 0 radical (unpaired) electrons. The van der Waals surface area contributed by atoms with Gasteiger partial charge in [0, 0.05) is 5.69 Å². The largest absolute Gasteiger partial charge is 0.492 e. The van der Waals surface area contributed by atoms with Gasteiger partial charge in [-0.2, -0.15) is 0 Å². The average Bonchev–Trinajstić information content (AvgIpc) is 2.57. The second-order valence-electron chi connectivity index (χ2n) is 7.64. The number of hydrogen-bond acceptors (Lipinski definition) is 7.